The molecule has 0 aromatic carbocycles. The van der Waals surface area contributed by atoms with Crippen LogP contribution in [-0.2, 0) is 4.79 Å². The average molecular weight is 112 g/mol. The van der Waals surface area contributed by atoms with Gasteiger partial charge in [0.25, 0.3) is 0 Å². The Morgan fingerprint density at radius 3 is 2.75 bits per heavy atom. The lowest BCUT2D eigenvalue weighted by molar-refractivity contribution is -0.114. The summed E-state index contributed by atoms with van der Waals surface area (Å²) in [6, 6.07) is 0. The van der Waals surface area contributed by atoms with Gasteiger partial charge in [-0.25, -0.2) is 0 Å². The molecular formula is C5H8N2O. The maximum atomic E-state index is 10.2. The quantitative estimate of drug-likeness (QED) is 0.529. The number of carbonyl (C=O) groups excluding carboxylic acids is 1. The van der Waals surface area contributed by atoms with E-state index in [0.29, 0.717) is 19.4 Å². The Morgan fingerprint density at radius 1 is 1.75 bits per heavy atom. The van der Waals surface area contributed by atoms with Gasteiger partial charge in [0, 0.05) is 6.42 Å². The van der Waals surface area contributed by atoms with E-state index in [9.17, 15) is 4.79 Å². The zero-order valence-corrected chi connectivity index (χ0v) is 4.55. The number of amides is 1. The van der Waals surface area contributed by atoms with Crippen LogP contribution >= 0.6 is 0 Å². The monoisotopic (exact) mass is 112 g/mol. The third-order valence-electron chi connectivity index (χ3n) is 0.719. The fourth-order valence-corrected chi connectivity index (χ4v) is 0.309. The largest absolute Gasteiger partial charge is 0.355 e. The number of hydrogen-bond donors (Lipinski definition) is 1. The van der Waals surface area contributed by atoms with Crippen LogP contribution in [-0.4, -0.2) is 12.5 Å². The molecule has 0 saturated heterocycles. The lowest BCUT2D eigenvalue weighted by atomic mass is 10.3. The van der Waals surface area contributed by atoms with Gasteiger partial charge in [-0.15, -0.1) is 0 Å². The van der Waals surface area contributed by atoms with Crippen molar-refractivity contribution in [2.45, 2.75) is 12.8 Å². The third-order valence-corrected chi connectivity index (χ3v) is 0.719. The first kappa shape index (κ1) is 7.12. The summed E-state index contributed by atoms with van der Waals surface area (Å²) < 4.78 is 0. The predicted octanol–water partition coefficient (Wildman–Crippen LogP) is 0.171. The molecule has 0 atom stereocenters. The van der Waals surface area contributed by atoms with E-state index < -0.39 is 5.91 Å². The fourth-order valence-electron chi connectivity index (χ4n) is 0.309. The van der Waals surface area contributed by atoms with Gasteiger partial charge in [0.2, 0.25) is 0 Å². The first-order valence-corrected chi connectivity index (χ1v) is 2.41. The summed E-state index contributed by atoms with van der Waals surface area (Å²) in [5.74, 6) is -0.393. The molecule has 0 fully saturated rings. The molecule has 1 amide bonds. The van der Waals surface area contributed by atoms with Crippen LogP contribution < -0.4 is 5.73 Å². The summed E-state index contributed by atoms with van der Waals surface area (Å²) in [5, 5.41) is 0. The van der Waals surface area contributed by atoms with Gasteiger partial charge in [-0.05, 0) is 13.0 Å². The molecule has 44 valence electrons. The highest BCUT2D eigenvalue weighted by molar-refractivity contribution is 5.85. The summed E-state index contributed by atoms with van der Waals surface area (Å²) in [5.41, 5.74) is 5.08. The fraction of sp³-hybridized carbons (Fsp3) is 0.600. The topological polar surface area (TPSA) is 47.5 Å². The van der Waals surface area contributed by atoms with Gasteiger partial charge >= 0.3 is 5.91 Å². The molecule has 0 rings (SSSR count). The second-order valence-corrected chi connectivity index (χ2v) is 1.40. The van der Waals surface area contributed by atoms with Crippen LogP contribution in [0.25, 0.3) is 4.85 Å². The van der Waals surface area contributed by atoms with Crippen molar-refractivity contribution in [3.8, 4) is 0 Å². The van der Waals surface area contributed by atoms with Crippen LogP contribution in [0.4, 0.5) is 0 Å². The molecular weight excluding hydrogens is 104 g/mol. The highest BCUT2D eigenvalue weighted by atomic mass is 16.1. The summed E-state index contributed by atoms with van der Waals surface area (Å²) >= 11 is 0. The number of rotatable bonds is 3. The van der Waals surface area contributed by atoms with E-state index in [2.05, 4.69) is 4.85 Å². The van der Waals surface area contributed by atoms with Crippen LogP contribution in [0.2, 0.25) is 0 Å². The summed E-state index contributed by atoms with van der Waals surface area (Å²) in [4.78, 5) is 12.8. The Labute approximate surface area is 48.3 Å². The summed E-state index contributed by atoms with van der Waals surface area (Å²) in [6.45, 7) is 6.71. The molecule has 0 aliphatic rings. The van der Waals surface area contributed by atoms with E-state index in [-0.39, 0.29) is 0 Å². The second-order valence-electron chi connectivity index (χ2n) is 1.40. The number of hydrogen-bond acceptors (Lipinski definition) is 2. The van der Waals surface area contributed by atoms with Crippen LogP contribution in [0, 0.1) is 6.57 Å². The smallest absolute Gasteiger partial charge is 0.331 e. The zero-order chi connectivity index (χ0) is 6.41. The minimum Gasteiger partial charge on any atom is -0.331 e. The molecule has 0 radical (unpaired) electrons. The molecule has 8 heavy (non-hydrogen) atoms. The van der Waals surface area contributed by atoms with Crippen molar-refractivity contribution in [3.63, 3.8) is 0 Å². The number of carbonyl (C=O) groups is 1. The number of nitrogens with zero attached hydrogens (tertiary/aromatic N) is 1. The lowest BCUT2D eigenvalue weighted by Crippen LogP contribution is -2.00. The highest BCUT2D eigenvalue weighted by Gasteiger charge is 1.95. The van der Waals surface area contributed by atoms with E-state index in [1.807, 2.05) is 0 Å². The Kier molecular flexibility index (Phi) is 3.81. The van der Waals surface area contributed by atoms with Crippen molar-refractivity contribution < 1.29 is 4.79 Å². The molecule has 0 aromatic rings. The summed E-state index contributed by atoms with van der Waals surface area (Å²) in [7, 11) is 0. The molecule has 0 saturated carbocycles. The van der Waals surface area contributed by atoms with Crippen molar-refractivity contribution in [2.24, 2.45) is 5.73 Å². The van der Waals surface area contributed by atoms with Gasteiger partial charge in [0.05, 0.1) is 6.57 Å². The molecule has 0 aliphatic carbocycles. The predicted molar refractivity (Wildman–Crippen MR) is 29.9 cm³/mol. The maximum Gasteiger partial charge on any atom is 0.355 e. The average Bonchev–Trinajstić information content (AvgIpc) is 1.83. The van der Waals surface area contributed by atoms with Gasteiger partial charge < -0.3 is 10.5 Å². The first-order chi connectivity index (χ1) is 3.81. The molecule has 0 aliphatic heterocycles. The van der Waals surface area contributed by atoms with Gasteiger partial charge in [-0.3, -0.25) is 0 Å². The minimum absolute atomic E-state index is 0.306. The molecule has 0 bridgehead atoms. The van der Waals surface area contributed by atoms with Crippen LogP contribution in [0.1, 0.15) is 12.8 Å². The molecule has 0 spiro atoms. The standard InChI is InChI=1S/C5H8N2O/c1-7-5(8)3-2-4-6/h2-4,6H2. The SMILES string of the molecule is [C-]#[N+]C(=O)CCCN. The zero-order valence-electron chi connectivity index (χ0n) is 4.55. The van der Waals surface area contributed by atoms with Gasteiger partial charge in [0.15, 0.2) is 0 Å². The molecule has 0 aromatic heterocycles. The second kappa shape index (κ2) is 4.28. The van der Waals surface area contributed by atoms with Crippen LogP contribution in [0.15, 0.2) is 0 Å². The van der Waals surface area contributed by atoms with Crippen molar-refractivity contribution in [3.05, 3.63) is 11.4 Å². The van der Waals surface area contributed by atoms with Crippen molar-refractivity contribution in [1.29, 1.82) is 0 Å². The van der Waals surface area contributed by atoms with Gasteiger partial charge in [-0.1, -0.05) is 0 Å². The van der Waals surface area contributed by atoms with Crippen molar-refractivity contribution >= 4 is 5.91 Å². The van der Waals surface area contributed by atoms with Crippen molar-refractivity contribution in [1.82, 2.24) is 0 Å². The summed E-state index contributed by atoms with van der Waals surface area (Å²) in [6.07, 6.45) is 0.932. The maximum absolute atomic E-state index is 10.2. The molecule has 3 nitrogen and oxygen atoms in total. The Balaban J connectivity index is 3.16. The Morgan fingerprint density at radius 2 is 2.38 bits per heavy atom. The number of nitrogens with two attached hydrogens (primary N) is 1. The first-order valence-electron chi connectivity index (χ1n) is 2.41. The van der Waals surface area contributed by atoms with Gasteiger partial charge in [0.1, 0.15) is 0 Å². The van der Waals surface area contributed by atoms with E-state index in [0.717, 1.165) is 0 Å². The van der Waals surface area contributed by atoms with Crippen LogP contribution in [0.5, 0.6) is 0 Å². The van der Waals surface area contributed by atoms with Crippen LogP contribution in [0.3, 0.4) is 0 Å². The molecule has 0 heterocycles. The lowest BCUT2D eigenvalue weighted by Gasteiger charge is -1.85. The Bertz CT molecular complexity index is 114. The minimum atomic E-state index is -0.393. The molecule has 2 N–H and O–H groups in total. The normalized spacial score (nSPS) is 8.00. The Hall–Kier alpha value is -0.880. The van der Waals surface area contributed by atoms with E-state index >= 15 is 0 Å². The molecule has 0 unspecified atom stereocenters. The highest BCUT2D eigenvalue weighted by Crippen LogP contribution is 1.87. The molecule has 3 heteroatoms. The van der Waals surface area contributed by atoms with E-state index in [1.165, 1.54) is 0 Å². The third kappa shape index (κ3) is 3.32. The van der Waals surface area contributed by atoms with E-state index in [1.54, 1.807) is 0 Å². The van der Waals surface area contributed by atoms with E-state index in [4.69, 9.17) is 12.3 Å². The van der Waals surface area contributed by atoms with Crippen molar-refractivity contribution in [2.75, 3.05) is 6.54 Å². The van der Waals surface area contributed by atoms with Gasteiger partial charge in [-0.2, -0.15) is 4.85 Å².